The summed E-state index contributed by atoms with van der Waals surface area (Å²) in [7, 11) is 0. The van der Waals surface area contributed by atoms with Crippen molar-refractivity contribution in [1.29, 1.82) is 0 Å². The van der Waals surface area contributed by atoms with Gasteiger partial charge >= 0.3 is 0 Å². The molecule has 7 heteroatoms. The van der Waals surface area contributed by atoms with E-state index in [0.29, 0.717) is 0 Å². The molecule has 0 saturated carbocycles. The predicted molar refractivity (Wildman–Crippen MR) is 274 cm³/mol. The van der Waals surface area contributed by atoms with Crippen LogP contribution in [0.5, 0.6) is 0 Å². The van der Waals surface area contributed by atoms with E-state index in [0.717, 1.165) is 78.7 Å². The van der Waals surface area contributed by atoms with E-state index in [9.17, 15) is 0 Å². The SMILES string of the molecule is CC(C)(C)c1cc(N2[CH-]N(c3[c-]c([N+](c4[c-]c5c(cc4)c4cc(F)ccc4n5-c4cc(C(C)(C)C)ccn4)(c4ccccc4)c4ccccc4)ccc3)c3ccccc32)cc(C(C)(C)C)c1.[Pt]. The first-order chi connectivity index (χ1) is 31.5. The molecule has 0 bridgehead atoms. The Kier molecular flexibility index (Phi) is 11.7. The second-order valence-electron chi connectivity index (χ2n) is 20.6. The molecule has 1 aliphatic rings. The maximum absolute atomic E-state index is 15.2. The number of halogens is 1. The molecule has 0 unspecified atom stereocenters. The largest absolute Gasteiger partial charge is 0.493 e. The van der Waals surface area contributed by atoms with Crippen LogP contribution in [0.25, 0.3) is 27.6 Å². The molecule has 67 heavy (non-hydrogen) atoms. The Balaban J connectivity index is 0.00000562. The van der Waals surface area contributed by atoms with Crippen LogP contribution < -0.4 is 14.3 Å². The summed E-state index contributed by atoms with van der Waals surface area (Å²) in [5.41, 5.74) is 13.2. The summed E-state index contributed by atoms with van der Waals surface area (Å²) in [6.07, 6.45) is 1.87. The number of hydrogen-bond acceptors (Lipinski definition) is 3. The summed E-state index contributed by atoms with van der Waals surface area (Å²) in [5.74, 6) is 0.464. The second-order valence-corrected chi connectivity index (χ2v) is 20.6. The number of hydrogen-bond donors (Lipinski definition) is 0. The summed E-state index contributed by atoms with van der Waals surface area (Å²) in [4.78, 5) is 9.53. The van der Waals surface area contributed by atoms with Crippen molar-refractivity contribution in [2.75, 3.05) is 9.80 Å². The Morgan fingerprint density at radius 1 is 0.522 bits per heavy atom. The van der Waals surface area contributed by atoms with Crippen molar-refractivity contribution in [3.63, 3.8) is 0 Å². The molecule has 3 heterocycles. The minimum atomic E-state index is -0.289. The zero-order chi connectivity index (χ0) is 46.2. The molecule has 2 aromatic heterocycles. The van der Waals surface area contributed by atoms with Gasteiger partial charge in [0, 0.05) is 85.5 Å². The quantitative estimate of drug-likeness (QED) is 0.117. The van der Waals surface area contributed by atoms with Crippen LogP contribution >= 0.6 is 0 Å². The van der Waals surface area contributed by atoms with E-state index >= 15 is 4.39 Å². The summed E-state index contributed by atoms with van der Waals surface area (Å²) >= 11 is 0. The second kappa shape index (κ2) is 17.1. The molecule has 7 aromatic carbocycles. The number of quaternary nitrogens is 1. The zero-order valence-electron chi connectivity index (χ0n) is 39.7. The molecule has 0 atom stereocenters. The van der Waals surface area contributed by atoms with Crippen molar-refractivity contribution in [3.8, 4) is 5.82 Å². The third-order valence-corrected chi connectivity index (χ3v) is 13.1. The molecule has 10 rings (SSSR count). The Labute approximate surface area is 410 Å². The monoisotopic (exact) mass is 1060 g/mol. The Morgan fingerprint density at radius 2 is 1.10 bits per heavy atom. The molecule has 5 nitrogen and oxygen atoms in total. The van der Waals surface area contributed by atoms with Gasteiger partial charge in [0.05, 0.1) is 0 Å². The van der Waals surface area contributed by atoms with Gasteiger partial charge in [-0.1, -0.05) is 140 Å². The van der Waals surface area contributed by atoms with Gasteiger partial charge in [-0.3, -0.25) is 0 Å². The van der Waals surface area contributed by atoms with Crippen LogP contribution in [0.3, 0.4) is 0 Å². The molecule has 9 aromatic rings. The summed E-state index contributed by atoms with van der Waals surface area (Å²) in [6.45, 7) is 22.5. The fourth-order valence-corrected chi connectivity index (χ4v) is 9.39. The van der Waals surface area contributed by atoms with Crippen LogP contribution in [-0.4, -0.2) is 9.55 Å². The first-order valence-corrected chi connectivity index (χ1v) is 22.9. The summed E-state index contributed by atoms with van der Waals surface area (Å²) in [6, 6.07) is 64.8. The molecule has 1 aliphatic heterocycles. The number of para-hydroxylation sites is 4. The summed E-state index contributed by atoms with van der Waals surface area (Å²) in [5, 5.41) is 1.69. The van der Waals surface area contributed by atoms with Crippen molar-refractivity contribution in [1.82, 2.24) is 14.0 Å². The number of pyridine rings is 1. The van der Waals surface area contributed by atoms with Crippen LogP contribution in [0.2, 0.25) is 0 Å². The first-order valence-electron chi connectivity index (χ1n) is 22.9. The van der Waals surface area contributed by atoms with E-state index in [1.165, 1.54) is 17.2 Å². The van der Waals surface area contributed by atoms with Gasteiger partial charge in [0.1, 0.15) is 23.0 Å². The smallest absolute Gasteiger partial charge is 0.144 e. The minimum absolute atomic E-state index is 0. The van der Waals surface area contributed by atoms with E-state index in [-0.39, 0.29) is 47.6 Å². The molecule has 0 saturated heterocycles. The van der Waals surface area contributed by atoms with E-state index in [4.69, 9.17) is 4.98 Å². The average molecular weight is 1060 g/mol. The first kappa shape index (κ1) is 45.8. The van der Waals surface area contributed by atoms with E-state index in [2.05, 4.69) is 241 Å². The van der Waals surface area contributed by atoms with Crippen LogP contribution in [0.4, 0.5) is 49.9 Å². The van der Waals surface area contributed by atoms with Gasteiger partial charge in [0.15, 0.2) is 0 Å². The number of benzene rings is 7. The van der Waals surface area contributed by atoms with Crippen LogP contribution in [0.1, 0.15) is 79.0 Å². The van der Waals surface area contributed by atoms with Crippen LogP contribution in [0, 0.1) is 24.6 Å². The van der Waals surface area contributed by atoms with E-state index in [1.807, 2.05) is 12.3 Å². The normalized spacial score (nSPS) is 13.3. The van der Waals surface area contributed by atoms with Gasteiger partial charge in [-0.05, 0) is 92.9 Å². The molecule has 0 N–H and O–H groups in total. The Morgan fingerprint density at radius 3 is 1.72 bits per heavy atom. The molecule has 340 valence electrons. The Hall–Kier alpha value is -6.33. The summed E-state index contributed by atoms with van der Waals surface area (Å²) < 4.78 is 17.5. The molecule has 0 spiro atoms. The number of anilines is 4. The topological polar surface area (TPSA) is 24.3 Å². The molecular formula is C60H56FN5Pt-2. The molecule has 0 radical (unpaired) electrons. The van der Waals surface area contributed by atoms with E-state index < -0.39 is 0 Å². The van der Waals surface area contributed by atoms with Crippen molar-refractivity contribution in [2.24, 2.45) is 0 Å². The molecule has 0 fully saturated rings. The number of aromatic nitrogens is 2. The average Bonchev–Trinajstić information content (AvgIpc) is 3.85. The van der Waals surface area contributed by atoms with Gasteiger partial charge in [-0.25, -0.2) is 13.9 Å². The third-order valence-electron chi connectivity index (χ3n) is 13.1. The fourth-order valence-electron chi connectivity index (χ4n) is 9.39. The number of fused-ring (bicyclic) bond motifs is 4. The van der Waals surface area contributed by atoms with Crippen molar-refractivity contribution < 1.29 is 25.5 Å². The maximum Gasteiger partial charge on any atom is 0.144 e. The van der Waals surface area contributed by atoms with Crippen LogP contribution in [-0.2, 0) is 37.3 Å². The van der Waals surface area contributed by atoms with Gasteiger partial charge in [-0.15, -0.1) is 30.3 Å². The van der Waals surface area contributed by atoms with Crippen LogP contribution in [0.15, 0.2) is 170 Å². The zero-order valence-corrected chi connectivity index (χ0v) is 41.9. The van der Waals surface area contributed by atoms with Gasteiger partial charge in [0.2, 0.25) is 0 Å². The third kappa shape index (κ3) is 8.08. The van der Waals surface area contributed by atoms with E-state index in [1.54, 1.807) is 6.07 Å². The van der Waals surface area contributed by atoms with Gasteiger partial charge < -0.3 is 14.4 Å². The molecule has 0 aliphatic carbocycles. The number of nitrogens with zero attached hydrogens (tertiary/aromatic N) is 5. The molecule has 0 amide bonds. The maximum atomic E-state index is 15.2. The van der Waals surface area contributed by atoms with Crippen molar-refractivity contribution in [2.45, 2.75) is 78.6 Å². The Bertz CT molecular complexity index is 3190. The standard InChI is InChI=1S/C60H56FN5.Pt/c1-58(2,3)41-31-32-62-57(36-41)65-53-30-27-44(61)37-52(53)51-29-28-50(39-56(51)65)66(47-20-12-10-13-21-47,48-22-14-11-15-23-48)49-24-18-19-45(38-49)63-40-64(55-26-17-16-25-54(55)63)46-34-42(59(4,5)6)33-43(35-46)60(7,8)9;/h10-37,40H,1-9H3;/q-2;. The van der Waals surface area contributed by atoms with Gasteiger partial charge in [0.25, 0.3) is 0 Å². The van der Waals surface area contributed by atoms with Crippen molar-refractivity contribution in [3.05, 3.63) is 211 Å². The predicted octanol–water partition coefficient (Wildman–Crippen LogP) is 16.5. The fraction of sp³-hybridized carbons (Fsp3) is 0.200. The van der Waals surface area contributed by atoms with Gasteiger partial charge in [-0.2, -0.15) is 12.1 Å². The number of rotatable bonds is 7. The van der Waals surface area contributed by atoms with Crippen molar-refractivity contribution >= 4 is 67.3 Å². The molecular weight excluding hydrogens is 1000 g/mol. The minimum Gasteiger partial charge on any atom is -0.493 e.